The summed E-state index contributed by atoms with van der Waals surface area (Å²) in [5.41, 5.74) is 5.23. The number of carbonyl (C=O) groups is 2. The highest BCUT2D eigenvalue weighted by molar-refractivity contribution is 6.04. The van der Waals surface area contributed by atoms with E-state index in [9.17, 15) is 9.59 Å². The number of hydrogen-bond acceptors (Lipinski definition) is 5. The van der Waals surface area contributed by atoms with Crippen LogP contribution in [0.1, 0.15) is 34.3 Å². The molecular weight excluding hydrogens is 468 g/mol. The van der Waals surface area contributed by atoms with Crippen LogP contribution in [-0.2, 0) is 13.0 Å². The third kappa shape index (κ3) is 5.48. The first-order valence-electron chi connectivity index (χ1n) is 12.6. The Hall–Kier alpha value is -4.20. The van der Waals surface area contributed by atoms with Crippen LogP contribution in [0.5, 0.6) is 11.5 Å². The van der Waals surface area contributed by atoms with Crippen LogP contribution in [0.4, 0.5) is 21.9 Å². The fourth-order valence-corrected chi connectivity index (χ4v) is 5.03. The molecule has 0 bridgehead atoms. The topological polar surface area (TPSA) is 83.1 Å². The number of amides is 3. The summed E-state index contributed by atoms with van der Waals surface area (Å²) in [6, 6.07) is 18.8. The molecule has 0 unspecified atom stereocenters. The Bertz CT molecular complexity index is 1280. The van der Waals surface area contributed by atoms with Crippen LogP contribution in [0, 0.1) is 0 Å². The van der Waals surface area contributed by atoms with Gasteiger partial charge in [-0.1, -0.05) is 24.3 Å². The van der Waals surface area contributed by atoms with E-state index in [0.717, 1.165) is 51.1 Å². The van der Waals surface area contributed by atoms with Gasteiger partial charge in [0.25, 0.3) is 5.91 Å². The fourth-order valence-electron chi connectivity index (χ4n) is 5.03. The second-order valence-corrected chi connectivity index (χ2v) is 9.35. The Morgan fingerprint density at radius 3 is 2.16 bits per heavy atom. The molecular formula is C29H32N4O4. The maximum atomic E-state index is 13.6. The lowest BCUT2D eigenvalue weighted by Crippen LogP contribution is -2.34. The number of ether oxygens (including phenoxy) is 2. The van der Waals surface area contributed by atoms with E-state index in [0.29, 0.717) is 28.4 Å². The van der Waals surface area contributed by atoms with Crippen LogP contribution in [0.15, 0.2) is 60.7 Å². The molecule has 37 heavy (non-hydrogen) atoms. The van der Waals surface area contributed by atoms with Crippen molar-refractivity contribution in [3.8, 4) is 11.5 Å². The van der Waals surface area contributed by atoms with E-state index >= 15 is 0 Å². The molecule has 1 saturated heterocycles. The van der Waals surface area contributed by atoms with Gasteiger partial charge in [-0.2, -0.15) is 0 Å². The largest absolute Gasteiger partial charge is 0.497 e. The standard InChI is InChI=1S/C29H32N4O4/c1-36-24-15-23(16-25(18-24)37-2)31-29(35)30-22-9-10-27(26(17-22)28(34)32-12-5-6-13-32)33-14-11-20-7-3-4-8-21(20)19-33/h3-4,7-10,15-18H,5-6,11-14,19H2,1-2H3,(H2,30,31,35). The molecule has 2 aliphatic rings. The molecule has 3 aromatic carbocycles. The van der Waals surface area contributed by atoms with E-state index in [1.165, 1.54) is 11.1 Å². The van der Waals surface area contributed by atoms with E-state index in [2.05, 4.69) is 39.8 Å². The van der Waals surface area contributed by atoms with Crippen molar-refractivity contribution in [2.75, 3.05) is 49.4 Å². The number of likely N-dealkylation sites (tertiary alicyclic amines) is 1. The van der Waals surface area contributed by atoms with Crippen LogP contribution in [0.3, 0.4) is 0 Å². The maximum Gasteiger partial charge on any atom is 0.323 e. The number of anilines is 3. The summed E-state index contributed by atoms with van der Waals surface area (Å²) in [6.07, 6.45) is 2.96. The van der Waals surface area contributed by atoms with E-state index in [4.69, 9.17) is 9.47 Å². The van der Waals surface area contributed by atoms with Crippen LogP contribution in [0.25, 0.3) is 0 Å². The summed E-state index contributed by atoms with van der Waals surface area (Å²) in [4.78, 5) is 30.6. The van der Waals surface area contributed by atoms with Crippen molar-refractivity contribution in [2.24, 2.45) is 0 Å². The van der Waals surface area contributed by atoms with E-state index in [-0.39, 0.29) is 5.91 Å². The SMILES string of the molecule is COc1cc(NC(=O)Nc2ccc(N3CCc4ccccc4C3)c(C(=O)N3CCCC3)c2)cc(OC)c1. The molecule has 0 spiro atoms. The van der Waals surface area contributed by atoms with Gasteiger partial charge in [-0.05, 0) is 48.6 Å². The molecule has 192 valence electrons. The number of benzene rings is 3. The Kier molecular flexibility index (Phi) is 7.16. The molecule has 0 aliphatic carbocycles. The molecule has 5 rings (SSSR count). The minimum Gasteiger partial charge on any atom is -0.497 e. The molecule has 0 atom stereocenters. The number of methoxy groups -OCH3 is 2. The number of nitrogens with one attached hydrogen (secondary N) is 2. The zero-order valence-corrected chi connectivity index (χ0v) is 21.3. The molecule has 3 aromatic rings. The number of rotatable bonds is 6. The van der Waals surface area contributed by atoms with Gasteiger partial charge in [0.15, 0.2) is 0 Å². The van der Waals surface area contributed by atoms with Crippen molar-refractivity contribution in [2.45, 2.75) is 25.8 Å². The second kappa shape index (κ2) is 10.8. The molecule has 0 aromatic heterocycles. The van der Waals surface area contributed by atoms with Crippen molar-refractivity contribution >= 4 is 29.0 Å². The van der Waals surface area contributed by atoms with Crippen LogP contribution in [-0.4, -0.2) is 50.7 Å². The predicted octanol–water partition coefficient (Wildman–Crippen LogP) is 5.15. The quantitative estimate of drug-likeness (QED) is 0.489. The summed E-state index contributed by atoms with van der Waals surface area (Å²) < 4.78 is 10.6. The molecule has 3 amide bonds. The van der Waals surface area contributed by atoms with Crippen molar-refractivity contribution in [1.82, 2.24) is 4.90 Å². The third-order valence-corrected chi connectivity index (χ3v) is 6.96. The molecule has 0 radical (unpaired) electrons. The van der Waals surface area contributed by atoms with Gasteiger partial charge in [0.1, 0.15) is 11.5 Å². The number of nitrogens with zero attached hydrogens (tertiary/aromatic N) is 2. The monoisotopic (exact) mass is 500 g/mol. The normalized spacial score (nSPS) is 14.6. The van der Waals surface area contributed by atoms with E-state index < -0.39 is 6.03 Å². The summed E-state index contributed by atoms with van der Waals surface area (Å²) in [6.45, 7) is 3.11. The van der Waals surface area contributed by atoms with Gasteiger partial charge in [0, 0.05) is 61.4 Å². The molecule has 2 heterocycles. The molecule has 8 nitrogen and oxygen atoms in total. The van der Waals surface area contributed by atoms with Gasteiger partial charge in [0.05, 0.1) is 19.8 Å². The summed E-state index contributed by atoms with van der Waals surface area (Å²) in [5.74, 6) is 1.15. The van der Waals surface area contributed by atoms with Crippen LogP contribution in [0.2, 0.25) is 0 Å². The van der Waals surface area contributed by atoms with Gasteiger partial charge in [0.2, 0.25) is 0 Å². The van der Waals surface area contributed by atoms with Crippen molar-refractivity contribution < 1.29 is 19.1 Å². The smallest absolute Gasteiger partial charge is 0.323 e. The first-order valence-corrected chi connectivity index (χ1v) is 12.6. The molecule has 8 heteroatoms. The van der Waals surface area contributed by atoms with E-state index in [1.807, 2.05) is 17.0 Å². The maximum absolute atomic E-state index is 13.6. The van der Waals surface area contributed by atoms with Crippen molar-refractivity contribution in [3.63, 3.8) is 0 Å². The zero-order chi connectivity index (χ0) is 25.8. The first-order chi connectivity index (χ1) is 18.0. The average Bonchev–Trinajstić information content (AvgIpc) is 3.47. The number of carbonyl (C=O) groups excluding carboxylic acids is 2. The zero-order valence-electron chi connectivity index (χ0n) is 21.3. The highest BCUT2D eigenvalue weighted by atomic mass is 16.5. The fraction of sp³-hybridized carbons (Fsp3) is 0.310. The number of hydrogen-bond donors (Lipinski definition) is 2. The Balaban J connectivity index is 1.39. The van der Waals surface area contributed by atoms with Gasteiger partial charge < -0.3 is 29.9 Å². The third-order valence-electron chi connectivity index (χ3n) is 6.96. The highest BCUT2D eigenvalue weighted by Crippen LogP contribution is 2.31. The lowest BCUT2D eigenvalue weighted by molar-refractivity contribution is 0.0793. The number of fused-ring (bicyclic) bond motifs is 1. The van der Waals surface area contributed by atoms with Crippen molar-refractivity contribution in [3.05, 3.63) is 77.4 Å². The van der Waals surface area contributed by atoms with Gasteiger partial charge >= 0.3 is 6.03 Å². The molecule has 2 aliphatic heterocycles. The van der Waals surface area contributed by atoms with Gasteiger partial charge in [-0.15, -0.1) is 0 Å². The van der Waals surface area contributed by atoms with Crippen molar-refractivity contribution in [1.29, 1.82) is 0 Å². The molecule has 1 fully saturated rings. The van der Waals surface area contributed by atoms with Crippen LogP contribution >= 0.6 is 0 Å². The minimum atomic E-state index is -0.422. The summed E-state index contributed by atoms with van der Waals surface area (Å²) in [7, 11) is 3.11. The first kappa shape index (κ1) is 24.5. The molecule has 0 saturated carbocycles. The lowest BCUT2D eigenvalue weighted by atomic mass is 9.98. The Morgan fingerprint density at radius 2 is 1.46 bits per heavy atom. The summed E-state index contributed by atoms with van der Waals surface area (Å²) in [5, 5.41) is 5.69. The lowest BCUT2D eigenvalue weighted by Gasteiger charge is -2.33. The second-order valence-electron chi connectivity index (χ2n) is 9.35. The Morgan fingerprint density at radius 1 is 0.784 bits per heavy atom. The number of urea groups is 1. The molecule has 2 N–H and O–H groups in total. The van der Waals surface area contributed by atoms with Crippen LogP contribution < -0.4 is 25.0 Å². The highest BCUT2D eigenvalue weighted by Gasteiger charge is 2.26. The van der Waals surface area contributed by atoms with Gasteiger partial charge in [-0.3, -0.25) is 4.79 Å². The van der Waals surface area contributed by atoms with Gasteiger partial charge in [-0.25, -0.2) is 4.79 Å². The predicted molar refractivity (Wildman–Crippen MR) is 145 cm³/mol. The summed E-state index contributed by atoms with van der Waals surface area (Å²) >= 11 is 0. The minimum absolute atomic E-state index is 0.00736. The van der Waals surface area contributed by atoms with E-state index in [1.54, 1.807) is 38.5 Å². The average molecular weight is 501 g/mol. The Labute approximate surface area is 217 Å².